The summed E-state index contributed by atoms with van der Waals surface area (Å²) in [7, 11) is 1.87. The van der Waals surface area contributed by atoms with Gasteiger partial charge in [0, 0.05) is 20.1 Å². The van der Waals surface area contributed by atoms with E-state index in [1.54, 1.807) is 11.3 Å². The SMILES string of the molecule is CC(c1nc2ccccc2s1)N(C)C(=O)C1CNC1.Cl. The minimum atomic E-state index is 0. The Morgan fingerprint density at radius 2 is 2.15 bits per heavy atom. The lowest BCUT2D eigenvalue weighted by Gasteiger charge is -2.32. The molecule has 1 aromatic heterocycles. The highest BCUT2D eigenvalue weighted by molar-refractivity contribution is 7.18. The predicted octanol–water partition coefficient (Wildman–Crippen LogP) is 2.46. The topological polar surface area (TPSA) is 45.2 Å². The molecule has 1 atom stereocenters. The van der Waals surface area contributed by atoms with Crippen LogP contribution in [0.15, 0.2) is 24.3 Å². The number of carbonyl (C=O) groups is 1. The van der Waals surface area contributed by atoms with Crippen molar-refractivity contribution in [2.75, 3.05) is 20.1 Å². The Morgan fingerprint density at radius 3 is 2.75 bits per heavy atom. The van der Waals surface area contributed by atoms with Crippen LogP contribution in [0.3, 0.4) is 0 Å². The monoisotopic (exact) mass is 311 g/mol. The first kappa shape index (κ1) is 15.2. The first-order valence-corrected chi connectivity index (χ1v) is 7.31. The molecule has 20 heavy (non-hydrogen) atoms. The van der Waals surface area contributed by atoms with Crippen molar-refractivity contribution in [3.63, 3.8) is 0 Å². The van der Waals surface area contributed by atoms with E-state index in [0.717, 1.165) is 23.6 Å². The van der Waals surface area contributed by atoms with Crippen molar-refractivity contribution < 1.29 is 4.79 Å². The number of nitrogens with one attached hydrogen (secondary N) is 1. The number of hydrogen-bond donors (Lipinski definition) is 1. The summed E-state index contributed by atoms with van der Waals surface area (Å²) in [6, 6.07) is 8.13. The number of carbonyl (C=O) groups excluding carboxylic acids is 1. The van der Waals surface area contributed by atoms with Crippen molar-refractivity contribution >= 4 is 39.9 Å². The molecule has 0 aliphatic carbocycles. The van der Waals surface area contributed by atoms with Gasteiger partial charge in [-0.3, -0.25) is 4.79 Å². The summed E-state index contributed by atoms with van der Waals surface area (Å²) in [4.78, 5) is 18.7. The van der Waals surface area contributed by atoms with Crippen molar-refractivity contribution in [1.82, 2.24) is 15.2 Å². The fourth-order valence-electron chi connectivity index (χ4n) is 2.18. The van der Waals surface area contributed by atoms with Gasteiger partial charge in [0.1, 0.15) is 5.01 Å². The summed E-state index contributed by atoms with van der Waals surface area (Å²) in [5, 5.41) is 4.14. The lowest BCUT2D eigenvalue weighted by atomic mass is 10.0. The lowest BCUT2D eigenvalue weighted by molar-refractivity contribution is -0.137. The van der Waals surface area contributed by atoms with E-state index in [-0.39, 0.29) is 30.3 Å². The average molecular weight is 312 g/mol. The predicted molar refractivity (Wildman–Crippen MR) is 84.4 cm³/mol. The average Bonchev–Trinajstić information content (AvgIpc) is 2.78. The zero-order valence-corrected chi connectivity index (χ0v) is 13.1. The van der Waals surface area contributed by atoms with E-state index in [1.807, 2.05) is 37.1 Å². The standard InChI is InChI=1S/C14H17N3OS.ClH/c1-9(17(2)14(18)10-7-15-8-10)13-16-11-5-3-4-6-12(11)19-13;/h3-6,9-10,15H,7-8H2,1-2H3;1H. The molecule has 3 rings (SSSR count). The summed E-state index contributed by atoms with van der Waals surface area (Å²) in [5.74, 6) is 0.354. The molecule has 1 amide bonds. The van der Waals surface area contributed by atoms with E-state index in [4.69, 9.17) is 0 Å². The molecule has 2 heterocycles. The van der Waals surface area contributed by atoms with Crippen LogP contribution in [0.1, 0.15) is 18.0 Å². The maximum absolute atomic E-state index is 12.2. The number of hydrogen-bond acceptors (Lipinski definition) is 4. The van der Waals surface area contributed by atoms with Crippen molar-refractivity contribution in [3.05, 3.63) is 29.3 Å². The van der Waals surface area contributed by atoms with Gasteiger partial charge in [0.15, 0.2) is 0 Å². The maximum atomic E-state index is 12.2. The van der Waals surface area contributed by atoms with E-state index in [1.165, 1.54) is 4.70 Å². The third-order valence-corrected chi connectivity index (χ3v) is 4.93. The lowest BCUT2D eigenvalue weighted by Crippen LogP contribution is -2.51. The normalized spacial score (nSPS) is 16.3. The molecule has 4 nitrogen and oxygen atoms in total. The van der Waals surface area contributed by atoms with Gasteiger partial charge < -0.3 is 10.2 Å². The minimum absolute atomic E-state index is 0. The molecule has 1 fully saturated rings. The van der Waals surface area contributed by atoms with Crippen molar-refractivity contribution in [1.29, 1.82) is 0 Å². The Kier molecular flexibility index (Phi) is 4.62. The Balaban J connectivity index is 0.00000147. The second-order valence-corrected chi connectivity index (χ2v) is 6.06. The van der Waals surface area contributed by atoms with Gasteiger partial charge >= 0.3 is 0 Å². The van der Waals surface area contributed by atoms with Gasteiger partial charge in [-0.25, -0.2) is 4.98 Å². The van der Waals surface area contributed by atoms with Crippen LogP contribution in [-0.2, 0) is 4.79 Å². The van der Waals surface area contributed by atoms with Crippen molar-refractivity contribution in [3.8, 4) is 0 Å². The van der Waals surface area contributed by atoms with Crippen LogP contribution in [0.25, 0.3) is 10.2 Å². The fraction of sp³-hybridized carbons (Fsp3) is 0.429. The molecule has 1 unspecified atom stereocenters. The zero-order valence-electron chi connectivity index (χ0n) is 11.5. The number of amides is 1. The van der Waals surface area contributed by atoms with Crippen LogP contribution in [0.2, 0.25) is 0 Å². The van der Waals surface area contributed by atoms with Crippen LogP contribution in [0, 0.1) is 5.92 Å². The second kappa shape index (κ2) is 6.08. The molecule has 0 saturated carbocycles. The van der Waals surface area contributed by atoms with Gasteiger partial charge in [-0.15, -0.1) is 23.7 Å². The minimum Gasteiger partial charge on any atom is -0.336 e. The van der Waals surface area contributed by atoms with Crippen LogP contribution in [0.5, 0.6) is 0 Å². The van der Waals surface area contributed by atoms with E-state index >= 15 is 0 Å². The Hall–Kier alpha value is -1.17. The number of thiazole rings is 1. The highest BCUT2D eigenvalue weighted by atomic mass is 35.5. The molecule has 0 radical (unpaired) electrons. The molecule has 1 aromatic carbocycles. The largest absolute Gasteiger partial charge is 0.336 e. The molecule has 1 saturated heterocycles. The number of halogens is 1. The smallest absolute Gasteiger partial charge is 0.228 e. The first-order valence-electron chi connectivity index (χ1n) is 6.49. The molecule has 6 heteroatoms. The van der Waals surface area contributed by atoms with Crippen LogP contribution in [-0.4, -0.2) is 35.9 Å². The molecule has 1 aliphatic heterocycles. The molecular formula is C14H18ClN3OS. The number of benzene rings is 1. The molecular weight excluding hydrogens is 294 g/mol. The molecule has 1 aliphatic rings. The molecule has 0 spiro atoms. The van der Waals surface area contributed by atoms with Crippen molar-refractivity contribution in [2.45, 2.75) is 13.0 Å². The summed E-state index contributed by atoms with van der Waals surface area (Å²) >= 11 is 1.67. The third kappa shape index (κ3) is 2.66. The Bertz CT molecular complexity index is 578. The number of aromatic nitrogens is 1. The highest BCUT2D eigenvalue weighted by Gasteiger charge is 2.30. The van der Waals surface area contributed by atoms with Gasteiger partial charge in [0.05, 0.1) is 22.2 Å². The third-order valence-electron chi connectivity index (χ3n) is 3.73. The molecule has 108 valence electrons. The second-order valence-electron chi connectivity index (χ2n) is 5.00. The molecule has 1 N–H and O–H groups in total. The summed E-state index contributed by atoms with van der Waals surface area (Å²) in [6.07, 6.45) is 0. The van der Waals surface area contributed by atoms with Gasteiger partial charge in [-0.2, -0.15) is 0 Å². The van der Waals surface area contributed by atoms with Gasteiger partial charge in [-0.05, 0) is 19.1 Å². The summed E-state index contributed by atoms with van der Waals surface area (Å²) in [6.45, 7) is 3.65. The van der Waals surface area contributed by atoms with E-state index < -0.39 is 0 Å². The Labute approximate surface area is 128 Å². The van der Waals surface area contributed by atoms with Gasteiger partial charge in [-0.1, -0.05) is 12.1 Å². The highest BCUT2D eigenvalue weighted by Crippen LogP contribution is 2.29. The van der Waals surface area contributed by atoms with Crippen LogP contribution < -0.4 is 5.32 Å². The number of rotatable bonds is 3. The zero-order chi connectivity index (χ0) is 13.4. The van der Waals surface area contributed by atoms with Gasteiger partial charge in [0.2, 0.25) is 5.91 Å². The number of nitrogens with zero attached hydrogens (tertiary/aromatic N) is 2. The summed E-state index contributed by atoms with van der Waals surface area (Å²) in [5.41, 5.74) is 1.01. The summed E-state index contributed by atoms with van der Waals surface area (Å²) < 4.78 is 1.18. The van der Waals surface area contributed by atoms with Gasteiger partial charge in [0.25, 0.3) is 0 Å². The van der Waals surface area contributed by atoms with Crippen LogP contribution >= 0.6 is 23.7 Å². The maximum Gasteiger partial charge on any atom is 0.228 e. The molecule has 0 bridgehead atoms. The number of para-hydroxylation sites is 1. The van der Waals surface area contributed by atoms with Crippen molar-refractivity contribution in [2.24, 2.45) is 5.92 Å². The van der Waals surface area contributed by atoms with E-state index in [9.17, 15) is 4.79 Å². The molecule has 2 aromatic rings. The van der Waals surface area contributed by atoms with E-state index in [0.29, 0.717) is 0 Å². The fourth-order valence-corrected chi connectivity index (χ4v) is 3.24. The first-order chi connectivity index (χ1) is 9.16. The van der Waals surface area contributed by atoms with Crippen LogP contribution in [0.4, 0.5) is 0 Å². The Morgan fingerprint density at radius 1 is 1.45 bits per heavy atom. The van der Waals surface area contributed by atoms with E-state index in [2.05, 4.69) is 16.4 Å². The number of fused-ring (bicyclic) bond motifs is 1. The quantitative estimate of drug-likeness (QED) is 0.947.